The van der Waals surface area contributed by atoms with Gasteiger partial charge in [-0.1, -0.05) is 19.0 Å². The van der Waals surface area contributed by atoms with E-state index in [-0.39, 0.29) is 23.4 Å². The van der Waals surface area contributed by atoms with Gasteiger partial charge in [-0.25, -0.2) is 4.98 Å². The molecule has 8 nitrogen and oxygen atoms in total. The van der Waals surface area contributed by atoms with E-state index in [1.807, 2.05) is 13.8 Å². The van der Waals surface area contributed by atoms with Crippen LogP contribution in [0.2, 0.25) is 0 Å². The molecule has 0 aliphatic rings. The second-order valence-electron chi connectivity index (χ2n) is 7.37. The molecule has 0 radical (unpaired) electrons. The monoisotopic (exact) mass is 384 g/mol. The van der Waals surface area contributed by atoms with Crippen molar-refractivity contribution in [2.24, 2.45) is 5.92 Å². The van der Waals surface area contributed by atoms with E-state index >= 15 is 0 Å². The summed E-state index contributed by atoms with van der Waals surface area (Å²) in [4.78, 5) is 31.5. The minimum absolute atomic E-state index is 0.152. The summed E-state index contributed by atoms with van der Waals surface area (Å²) in [6, 6.07) is 4.49. The van der Waals surface area contributed by atoms with Crippen molar-refractivity contribution in [2.75, 3.05) is 14.1 Å². The van der Waals surface area contributed by atoms with Gasteiger partial charge in [-0.15, -0.1) is 0 Å². The summed E-state index contributed by atoms with van der Waals surface area (Å²) in [5.74, 6) is 0.212. The first-order valence-corrected chi connectivity index (χ1v) is 9.10. The Morgan fingerprint density at radius 2 is 2.04 bits per heavy atom. The Morgan fingerprint density at radius 3 is 2.64 bits per heavy atom. The first-order valence-electron chi connectivity index (χ1n) is 9.10. The molecular weight excluding hydrogens is 360 g/mol. The van der Waals surface area contributed by atoms with Crippen LogP contribution in [0, 0.1) is 12.8 Å². The SMILES string of the molecule is Cc1noc2nc(-c3ccco3)cc(C(=O)NC(CC(C)C)C(=O)N(C)C)c12. The highest BCUT2D eigenvalue weighted by Crippen LogP contribution is 2.27. The molecule has 1 unspecified atom stereocenters. The molecule has 148 valence electrons. The van der Waals surface area contributed by atoms with Crippen molar-refractivity contribution in [3.8, 4) is 11.5 Å². The lowest BCUT2D eigenvalue weighted by atomic mass is 10.0. The van der Waals surface area contributed by atoms with Crippen LogP contribution in [0.25, 0.3) is 22.6 Å². The summed E-state index contributed by atoms with van der Waals surface area (Å²) in [5, 5.41) is 7.32. The molecule has 3 aromatic rings. The zero-order valence-corrected chi connectivity index (χ0v) is 16.6. The van der Waals surface area contributed by atoms with Gasteiger partial charge >= 0.3 is 0 Å². The molecule has 0 saturated heterocycles. The van der Waals surface area contributed by atoms with Crippen LogP contribution in [0.3, 0.4) is 0 Å². The summed E-state index contributed by atoms with van der Waals surface area (Å²) in [6.07, 6.45) is 2.06. The second-order valence-corrected chi connectivity index (χ2v) is 7.37. The number of rotatable bonds is 6. The van der Waals surface area contributed by atoms with E-state index in [0.29, 0.717) is 34.5 Å². The fourth-order valence-corrected chi connectivity index (χ4v) is 3.06. The summed E-state index contributed by atoms with van der Waals surface area (Å²) in [6.45, 7) is 5.76. The predicted octanol–water partition coefficient (Wildman–Crippen LogP) is 3.02. The van der Waals surface area contributed by atoms with Crippen LogP contribution in [-0.2, 0) is 4.79 Å². The van der Waals surface area contributed by atoms with Gasteiger partial charge in [0, 0.05) is 14.1 Å². The lowest BCUT2D eigenvalue weighted by molar-refractivity contribution is -0.131. The van der Waals surface area contributed by atoms with E-state index < -0.39 is 6.04 Å². The molecule has 0 fully saturated rings. The van der Waals surface area contributed by atoms with Crippen molar-refractivity contribution in [3.63, 3.8) is 0 Å². The standard InChI is InChI=1S/C20H24N4O4/c1-11(2)9-15(20(26)24(4)5)21-18(25)13-10-14(16-7-6-8-27-16)22-19-17(13)12(3)23-28-19/h6-8,10-11,15H,9H2,1-5H3,(H,21,25). The Bertz CT molecular complexity index is 989. The highest BCUT2D eigenvalue weighted by atomic mass is 16.5. The van der Waals surface area contributed by atoms with Gasteiger partial charge in [0.05, 0.1) is 22.9 Å². The maximum absolute atomic E-state index is 13.1. The van der Waals surface area contributed by atoms with E-state index in [9.17, 15) is 9.59 Å². The highest BCUT2D eigenvalue weighted by Gasteiger charge is 2.26. The molecule has 0 aromatic carbocycles. The third-order valence-corrected chi connectivity index (χ3v) is 4.39. The van der Waals surface area contributed by atoms with Crippen molar-refractivity contribution < 1.29 is 18.5 Å². The molecule has 0 aliphatic heterocycles. The van der Waals surface area contributed by atoms with Gasteiger partial charge in [0.25, 0.3) is 11.6 Å². The molecule has 3 heterocycles. The minimum Gasteiger partial charge on any atom is -0.463 e. The Morgan fingerprint density at radius 1 is 1.29 bits per heavy atom. The van der Waals surface area contributed by atoms with Gasteiger partial charge in [0.1, 0.15) is 11.7 Å². The topological polar surface area (TPSA) is 101 Å². The van der Waals surface area contributed by atoms with Crippen LogP contribution in [0.1, 0.15) is 36.3 Å². The van der Waals surface area contributed by atoms with Crippen molar-refractivity contribution >= 4 is 22.9 Å². The van der Waals surface area contributed by atoms with Crippen LogP contribution < -0.4 is 5.32 Å². The van der Waals surface area contributed by atoms with Crippen LogP contribution >= 0.6 is 0 Å². The highest BCUT2D eigenvalue weighted by molar-refractivity contribution is 6.08. The normalized spacial score (nSPS) is 12.4. The van der Waals surface area contributed by atoms with Crippen molar-refractivity contribution in [2.45, 2.75) is 33.2 Å². The summed E-state index contributed by atoms with van der Waals surface area (Å²) >= 11 is 0. The van der Waals surface area contributed by atoms with Gasteiger partial charge in [0.2, 0.25) is 5.91 Å². The Balaban J connectivity index is 2.02. The van der Waals surface area contributed by atoms with E-state index in [0.717, 1.165) is 0 Å². The molecule has 0 aliphatic carbocycles. The number of furan rings is 1. The number of nitrogens with zero attached hydrogens (tertiary/aromatic N) is 3. The summed E-state index contributed by atoms with van der Waals surface area (Å²) in [7, 11) is 3.34. The molecule has 28 heavy (non-hydrogen) atoms. The number of likely N-dealkylation sites (N-methyl/N-ethyl adjacent to an activating group) is 1. The number of fused-ring (bicyclic) bond motifs is 1. The maximum Gasteiger partial charge on any atom is 0.259 e. The van der Waals surface area contributed by atoms with Crippen LogP contribution in [0.15, 0.2) is 33.4 Å². The number of nitrogens with one attached hydrogen (secondary N) is 1. The lowest BCUT2D eigenvalue weighted by Gasteiger charge is -2.23. The first kappa shape index (κ1) is 19.6. The van der Waals surface area contributed by atoms with Crippen LogP contribution in [0.5, 0.6) is 0 Å². The number of carbonyl (C=O) groups is 2. The molecule has 1 atom stereocenters. The molecule has 3 aromatic heterocycles. The number of hydrogen-bond acceptors (Lipinski definition) is 6. The molecule has 8 heteroatoms. The van der Waals surface area contributed by atoms with Gasteiger partial charge in [0.15, 0.2) is 5.76 Å². The van der Waals surface area contributed by atoms with E-state index in [1.54, 1.807) is 39.2 Å². The van der Waals surface area contributed by atoms with E-state index in [2.05, 4.69) is 15.5 Å². The zero-order chi connectivity index (χ0) is 20.4. The number of pyridine rings is 1. The molecular formula is C20H24N4O4. The van der Waals surface area contributed by atoms with Gasteiger partial charge < -0.3 is 19.2 Å². The van der Waals surface area contributed by atoms with Gasteiger partial charge in [-0.05, 0) is 37.5 Å². The maximum atomic E-state index is 13.1. The van der Waals surface area contributed by atoms with Crippen LogP contribution in [0.4, 0.5) is 0 Å². The number of aromatic nitrogens is 2. The number of aryl methyl sites for hydroxylation is 1. The zero-order valence-electron chi connectivity index (χ0n) is 16.6. The average molecular weight is 384 g/mol. The third kappa shape index (κ3) is 3.90. The Labute approximate surface area is 162 Å². The van der Waals surface area contributed by atoms with Crippen LogP contribution in [-0.4, -0.2) is 47.0 Å². The van der Waals surface area contributed by atoms with Gasteiger partial charge in [-0.3, -0.25) is 9.59 Å². The van der Waals surface area contributed by atoms with Gasteiger partial charge in [-0.2, -0.15) is 0 Å². The number of amides is 2. The molecule has 0 bridgehead atoms. The Hall–Kier alpha value is -3.16. The lowest BCUT2D eigenvalue weighted by Crippen LogP contribution is -2.47. The summed E-state index contributed by atoms with van der Waals surface area (Å²) in [5.41, 5.74) is 1.60. The number of carbonyl (C=O) groups excluding carboxylic acids is 2. The van der Waals surface area contributed by atoms with E-state index in [4.69, 9.17) is 8.94 Å². The molecule has 0 spiro atoms. The predicted molar refractivity (Wildman–Crippen MR) is 104 cm³/mol. The fraction of sp³-hybridized carbons (Fsp3) is 0.400. The largest absolute Gasteiger partial charge is 0.463 e. The van der Waals surface area contributed by atoms with Crippen molar-refractivity contribution in [1.82, 2.24) is 20.4 Å². The minimum atomic E-state index is -0.627. The molecule has 2 amide bonds. The number of hydrogen-bond donors (Lipinski definition) is 1. The smallest absolute Gasteiger partial charge is 0.259 e. The molecule has 0 saturated carbocycles. The fourth-order valence-electron chi connectivity index (χ4n) is 3.06. The average Bonchev–Trinajstić information content (AvgIpc) is 3.29. The quantitative estimate of drug-likeness (QED) is 0.701. The molecule has 1 N–H and O–H groups in total. The molecule has 3 rings (SSSR count). The first-order chi connectivity index (χ1) is 13.3. The third-order valence-electron chi connectivity index (χ3n) is 4.39. The van der Waals surface area contributed by atoms with E-state index in [1.165, 1.54) is 11.2 Å². The van der Waals surface area contributed by atoms with Crippen molar-refractivity contribution in [1.29, 1.82) is 0 Å². The second kappa shape index (κ2) is 7.84. The Kier molecular flexibility index (Phi) is 5.48. The van der Waals surface area contributed by atoms with Crippen molar-refractivity contribution in [3.05, 3.63) is 35.7 Å². The summed E-state index contributed by atoms with van der Waals surface area (Å²) < 4.78 is 10.7.